The number of carbonyl (C=O) groups is 2. The normalized spacial score (nSPS) is 12.8. The first-order chi connectivity index (χ1) is 9.26. The fraction of sp³-hybridized carbons (Fsp3) is 0.429. The first-order valence-electron chi connectivity index (χ1n) is 6.13. The predicted molar refractivity (Wildman–Crippen MR) is 72.5 cm³/mol. The van der Waals surface area contributed by atoms with Gasteiger partial charge in [0.25, 0.3) is 5.91 Å². The number of amides is 1. The maximum atomic E-state index is 11.9. The van der Waals surface area contributed by atoms with Crippen LogP contribution in [0.2, 0.25) is 0 Å². The Hall–Kier alpha value is -2.08. The van der Waals surface area contributed by atoms with Crippen molar-refractivity contribution in [1.82, 2.24) is 5.32 Å². The summed E-state index contributed by atoms with van der Waals surface area (Å²) in [6, 6.07) is 5.10. The van der Waals surface area contributed by atoms with Crippen molar-refractivity contribution in [3.63, 3.8) is 0 Å². The summed E-state index contributed by atoms with van der Waals surface area (Å²) in [5.74, 6) is -1.52. The predicted octanol–water partition coefficient (Wildman–Crippen LogP) is 0.929. The van der Waals surface area contributed by atoms with E-state index in [2.05, 4.69) is 5.32 Å². The van der Waals surface area contributed by atoms with Crippen molar-refractivity contribution >= 4 is 11.9 Å². The van der Waals surface area contributed by atoms with Gasteiger partial charge in [-0.2, -0.15) is 0 Å². The van der Waals surface area contributed by atoms with Gasteiger partial charge in [-0.15, -0.1) is 0 Å². The summed E-state index contributed by atoms with van der Waals surface area (Å²) < 4.78 is 5.01. The van der Waals surface area contributed by atoms with Gasteiger partial charge >= 0.3 is 5.97 Å². The van der Waals surface area contributed by atoms with Gasteiger partial charge in [-0.1, -0.05) is 12.1 Å². The van der Waals surface area contributed by atoms with E-state index < -0.39 is 23.5 Å². The van der Waals surface area contributed by atoms with E-state index in [-0.39, 0.29) is 12.2 Å². The number of phenolic OH excluding ortho intramolecular Hbond substituents is 1. The lowest BCUT2D eigenvalue weighted by molar-refractivity contribution is -0.147. The van der Waals surface area contributed by atoms with Gasteiger partial charge in [0.2, 0.25) is 0 Å². The molecule has 0 aliphatic carbocycles. The van der Waals surface area contributed by atoms with Crippen molar-refractivity contribution in [2.75, 3.05) is 7.11 Å². The number of carboxylic acids is 1. The van der Waals surface area contributed by atoms with E-state index in [1.54, 1.807) is 26.0 Å². The van der Waals surface area contributed by atoms with Gasteiger partial charge in [-0.05, 0) is 31.5 Å². The molecule has 0 radical (unpaired) electrons. The molecule has 0 heterocycles. The maximum absolute atomic E-state index is 11.9. The second-order valence-corrected chi connectivity index (χ2v) is 4.95. The molecule has 0 saturated heterocycles. The van der Waals surface area contributed by atoms with Crippen LogP contribution < -0.4 is 5.32 Å². The van der Waals surface area contributed by atoms with E-state index in [9.17, 15) is 19.8 Å². The number of methoxy groups -OCH3 is 1. The van der Waals surface area contributed by atoms with Gasteiger partial charge in [0.15, 0.2) is 0 Å². The third-order valence-electron chi connectivity index (χ3n) is 3.04. The number of nitrogens with one attached hydrogen (secondary N) is 1. The van der Waals surface area contributed by atoms with Gasteiger partial charge in [0, 0.05) is 13.5 Å². The van der Waals surface area contributed by atoms with Crippen molar-refractivity contribution in [2.24, 2.45) is 0 Å². The van der Waals surface area contributed by atoms with Crippen LogP contribution in [0.3, 0.4) is 0 Å². The highest BCUT2D eigenvalue weighted by atomic mass is 16.5. The Morgan fingerprint density at radius 3 is 2.30 bits per heavy atom. The van der Waals surface area contributed by atoms with Crippen LogP contribution in [0.5, 0.6) is 5.75 Å². The van der Waals surface area contributed by atoms with Crippen LogP contribution in [0.4, 0.5) is 0 Å². The molecular weight excluding hydrogens is 262 g/mol. The van der Waals surface area contributed by atoms with Gasteiger partial charge in [0.1, 0.15) is 17.4 Å². The zero-order chi connectivity index (χ0) is 15.3. The van der Waals surface area contributed by atoms with Crippen molar-refractivity contribution in [3.05, 3.63) is 29.8 Å². The number of hydrogen-bond donors (Lipinski definition) is 3. The Kier molecular flexibility index (Phi) is 5.10. The topological polar surface area (TPSA) is 95.9 Å². The van der Waals surface area contributed by atoms with Gasteiger partial charge in [-0.25, -0.2) is 4.79 Å². The Morgan fingerprint density at radius 1 is 1.30 bits per heavy atom. The van der Waals surface area contributed by atoms with Crippen LogP contribution >= 0.6 is 0 Å². The Bertz CT molecular complexity index is 481. The largest absolute Gasteiger partial charge is 0.508 e. The number of rotatable bonds is 6. The maximum Gasteiger partial charge on any atom is 0.326 e. The molecule has 1 aromatic rings. The molecule has 0 spiro atoms. The van der Waals surface area contributed by atoms with E-state index in [1.807, 2.05) is 0 Å². The molecule has 1 aromatic carbocycles. The zero-order valence-corrected chi connectivity index (χ0v) is 11.7. The summed E-state index contributed by atoms with van der Waals surface area (Å²) in [7, 11) is 1.38. The highest BCUT2D eigenvalue weighted by Gasteiger charge is 2.31. The number of aromatic hydroxyl groups is 1. The monoisotopic (exact) mass is 281 g/mol. The van der Waals surface area contributed by atoms with Gasteiger partial charge < -0.3 is 20.3 Å². The molecular formula is C14H19NO5. The fourth-order valence-corrected chi connectivity index (χ4v) is 1.49. The van der Waals surface area contributed by atoms with Crippen LogP contribution in [0.15, 0.2) is 24.3 Å². The Balaban J connectivity index is 2.78. The minimum Gasteiger partial charge on any atom is -0.508 e. The molecule has 0 bridgehead atoms. The van der Waals surface area contributed by atoms with Crippen LogP contribution in [-0.4, -0.2) is 40.8 Å². The third kappa shape index (κ3) is 4.24. The first-order valence-corrected chi connectivity index (χ1v) is 6.13. The number of phenols is 1. The Labute approximate surface area is 117 Å². The number of carbonyl (C=O) groups excluding carboxylic acids is 1. The number of ether oxygens (including phenoxy) is 1. The molecule has 1 amide bonds. The second-order valence-electron chi connectivity index (χ2n) is 4.95. The minimum atomic E-state index is -1.13. The quantitative estimate of drug-likeness (QED) is 0.721. The molecule has 1 atom stereocenters. The highest BCUT2D eigenvalue weighted by molar-refractivity contribution is 5.88. The molecule has 0 aromatic heterocycles. The van der Waals surface area contributed by atoms with Crippen molar-refractivity contribution in [2.45, 2.75) is 31.9 Å². The van der Waals surface area contributed by atoms with E-state index in [1.165, 1.54) is 19.2 Å². The summed E-state index contributed by atoms with van der Waals surface area (Å²) in [6.45, 7) is 3.11. The summed E-state index contributed by atoms with van der Waals surface area (Å²) in [5.41, 5.74) is -0.395. The summed E-state index contributed by atoms with van der Waals surface area (Å²) in [6.07, 6.45) is 0.126. The van der Waals surface area contributed by atoms with Crippen LogP contribution in [0, 0.1) is 0 Å². The molecule has 1 rings (SSSR count). The second kappa shape index (κ2) is 6.38. The van der Waals surface area contributed by atoms with E-state index in [0.29, 0.717) is 5.56 Å². The summed E-state index contributed by atoms with van der Waals surface area (Å²) >= 11 is 0. The van der Waals surface area contributed by atoms with Gasteiger partial charge in [-0.3, -0.25) is 4.79 Å². The molecule has 110 valence electrons. The summed E-state index contributed by atoms with van der Waals surface area (Å²) in [5, 5.41) is 20.8. The lowest BCUT2D eigenvalue weighted by Crippen LogP contribution is -2.51. The third-order valence-corrected chi connectivity index (χ3v) is 3.04. The first kappa shape index (κ1) is 16.0. The van der Waals surface area contributed by atoms with E-state index in [0.717, 1.165) is 0 Å². The molecule has 6 nitrogen and oxygen atoms in total. The number of carboxylic acid groups (broad SMARTS) is 1. The molecule has 3 N–H and O–H groups in total. The molecule has 20 heavy (non-hydrogen) atoms. The van der Waals surface area contributed by atoms with Crippen molar-refractivity contribution in [3.8, 4) is 5.75 Å². The van der Waals surface area contributed by atoms with Crippen LogP contribution in [-0.2, 0) is 20.7 Å². The standard InChI is InChI=1S/C14H19NO5/c1-14(2,20-3)13(19)15-11(12(17)18)8-9-4-6-10(16)7-5-9/h4-7,11,16H,8H2,1-3H3,(H,15,19)(H,17,18)/t11-/m1/s1. The lowest BCUT2D eigenvalue weighted by Gasteiger charge is -2.24. The number of benzene rings is 1. The smallest absolute Gasteiger partial charge is 0.326 e. The highest BCUT2D eigenvalue weighted by Crippen LogP contribution is 2.13. The fourth-order valence-electron chi connectivity index (χ4n) is 1.49. The molecule has 0 unspecified atom stereocenters. The van der Waals surface area contributed by atoms with Crippen LogP contribution in [0.25, 0.3) is 0 Å². The lowest BCUT2D eigenvalue weighted by atomic mass is 10.0. The average molecular weight is 281 g/mol. The summed E-state index contributed by atoms with van der Waals surface area (Å²) in [4.78, 5) is 23.1. The van der Waals surface area contributed by atoms with Crippen LogP contribution in [0.1, 0.15) is 19.4 Å². The zero-order valence-electron chi connectivity index (χ0n) is 11.7. The molecule has 0 saturated carbocycles. The van der Waals surface area contributed by atoms with Crippen molar-refractivity contribution < 1.29 is 24.5 Å². The SMILES string of the molecule is COC(C)(C)C(=O)N[C@H](Cc1ccc(O)cc1)C(=O)O. The number of hydrogen-bond acceptors (Lipinski definition) is 4. The van der Waals surface area contributed by atoms with E-state index in [4.69, 9.17) is 4.74 Å². The molecule has 0 aliphatic rings. The van der Waals surface area contributed by atoms with Crippen molar-refractivity contribution in [1.29, 1.82) is 0 Å². The molecule has 0 fully saturated rings. The van der Waals surface area contributed by atoms with E-state index >= 15 is 0 Å². The Morgan fingerprint density at radius 2 is 1.85 bits per heavy atom. The van der Waals surface area contributed by atoms with Gasteiger partial charge in [0.05, 0.1) is 0 Å². The number of aliphatic carboxylic acids is 1. The molecule has 6 heteroatoms. The minimum absolute atomic E-state index is 0.102. The average Bonchev–Trinajstić information content (AvgIpc) is 2.40. The molecule has 0 aliphatic heterocycles.